The van der Waals surface area contributed by atoms with Crippen LogP contribution < -0.4 is 5.32 Å². The Morgan fingerprint density at radius 3 is 2.53 bits per heavy atom. The Morgan fingerprint density at radius 2 is 1.95 bits per heavy atom. The molecule has 0 fully saturated rings. The molecule has 0 radical (unpaired) electrons. The first-order valence-electron chi connectivity index (χ1n) is 6.03. The normalized spacial score (nSPS) is 10.3. The highest BCUT2D eigenvalue weighted by molar-refractivity contribution is 5.88. The van der Waals surface area contributed by atoms with Gasteiger partial charge in [0, 0.05) is 18.2 Å². The standard InChI is InChI=1S/C14H17F2NO2/c1-3-19-14(18)10(2)9-17-5-4-11-6-12(15)8-13(16)7-11/h6-8,17H,2-5,9H2,1H3. The first kappa shape index (κ1) is 15.3. The van der Waals surface area contributed by atoms with Gasteiger partial charge in [-0.25, -0.2) is 13.6 Å². The van der Waals surface area contributed by atoms with Gasteiger partial charge in [0.15, 0.2) is 0 Å². The summed E-state index contributed by atoms with van der Waals surface area (Å²) in [5, 5.41) is 2.97. The lowest BCUT2D eigenvalue weighted by molar-refractivity contribution is -0.138. The van der Waals surface area contributed by atoms with Crippen LogP contribution in [0.15, 0.2) is 30.4 Å². The number of nitrogens with one attached hydrogen (secondary N) is 1. The van der Waals surface area contributed by atoms with E-state index < -0.39 is 17.6 Å². The molecule has 0 heterocycles. The predicted molar refractivity (Wildman–Crippen MR) is 68.7 cm³/mol. The third kappa shape index (κ3) is 5.61. The van der Waals surface area contributed by atoms with E-state index in [2.05, 4.69) is 11.9 Å². The van der Waals surface area contributed by atoms with Gasteiger partial charge in [0.05, 0.1) is 6.61 Å². The van der Waals surface area contributed by atoms with E-state index in [4.69, 9.17) is 4.74 Å². The summed E-state index contributed by atoms with van der Waals surface area (Å²) in [6.45, 7) is 6.39. The van der Waals surface area contributed by atoms with Crippen molar-refractivity contribution in [3.63, 3.8) is 0 Å². The van der Waals surface area contributed by atoms with E-state index in [0.29, 0.717) is 30.7 Å². The van der Waals surface area contributed by atoms with Crippen molar-refractivity contribution in [3.05, 3.63) is 47.5 Å². The first-order chi connectivity index (χ1) is 9.02. The Balaban J connectivity index is 2.31. The number of esters is 1. The van der Waals surface area contributed by atoms with Crippen molar-refractivity contribution in [2.75, 3.05) is 19.7 Å². The lowest BCUT2D eigenvalue weighted by Gasteiger charge is -2.07. The lowest BCUT2D eigenvalue weighted by atomic mass is 10.1. The maximum absolute atomic E-state index is 12.9. The number of halogens is 2. The second kappa shape index (κ2) is 7.63. The molecule has 0 bridgehead atoms. The minimum Gasteiger partial charge on any atom is -0.463 e. The number of carbonyl (C=O) groups is 1. The van der Waals surface area contributed by atoms with Gasteiger partial charge in [0.2, 0.25) is 0 Å². The molecule has 104 valence electrons. The molecule has 0 unspecified atom stereocenters. The fraction of sp³-hybridized carbons (Fsp3) is 0.357. The van der Waals surface area contributed by atoms with Gasteiger partial charge in [-0.1, -0.05) is 6.58 Å². The van der Waals surface area contributed by atoms with Crippen molar-refractivity contribution in [1.29, 1.82) is 0 Å². The molecule has 0 aromatic heterocycles. The number of rotatable bonds is 7. The highest BCUT2D eigenvalue weighted by Crippen LogP contribution is 2.08. The minimum atomic E-state index is -0.592. The maximum atomic E-state index is 12.9. The second-order valence-corrected chi connectivity index (χ2v) is 4.03. The number of carbonyl (C=O) groups excluding carboxylic acids is 1. The quantitative estimate of drug-likeness (QED) is 0.468. The fourth-order valence-corrected chi connectivity index (χ4v) is 1.53. The summed E-state index contributed by atoms with van der Waals surface area (Å²) in [6, 6.07) is 3.40. The third-order valence-electron chi connectivity index (χ3n) is 2.42. The molecule has 19 heavy (non-hydrogen) atoms. The van der Waals surface area contributed by atoms with Crippen LogP contribution in [-0.4, -0.2) is 25.7 Å². The zero-order valence-electron chi connectivity index (χ0n) is 10.8. The Kier molecular flexibility index (Phi) is 6.15. The molecule has 0 atom stereocenters. The van der Waals surface area contributed by atoms with Gasteiger partial charge in [0.1, 0.15) is 11.6 Å². The number of benzene rings is 1. The molecule has 0 aliphatic heterocycles. The van der Waals surface area contributed by atoms with Crippen LogP contribution in [0.5, 0.6) is 0 Å². The largest absolute Gasteiger partial charge is 0.463 e. The van der Waals surface area contributed by atoms with E-state index in [1.807, 2.05) is 0 Å². The molecular weight excluding hydrogens is 252 g/mol. The summed E-state index contributed by atoms with van der Waals surface area (Å²) in [6.07, 6.45) is 0.463. The average Bonchev–Trinajstić information content (AvgIpc) is 2.33. The van der Waals surface area contributed by atoms with Crippen molar-refractivity contribution in [2.45, 2.75) is 13.3 Å². The summed E-state index contributed by atoms with van der Waals surface area (Å²) in [4.78, 5) is 11.2. The van der Waals surface area contributed by atoms with Crippen LogP contribution >= 0.6 is 0 Å². The van der Waals surface area contributed by atoms with Crippen LogP contribution in [0.25, 0.3) is 0 Å². The van der Waals surface area contributed by atoms with Crippen LogP contribution in [-0.2, 0) is 16.0 Å². The van der Waals surface area contributed by atoms with Gasteiger partial charge in [-0.2, -0.15) is 0 Å². The number of ether oxygens (including phenoxy) is 1. The molecule has 1 rings (SSSR count). The van der Waals surface area contributed by atoms with Gasteiger partial charge < -0.3 is 10.1 Å². The molecule has 0 amide bonds. The molecule has 5 heteroatoms. The summed E-state index contributed by atoms with van der Waals surface area (Å²) in [5.74, 6) is -1.62. The summed E-state index contributed by atoms with van der Waals surface area (Å²) in [7, 11) is 0. The van der Waals surface area contributed by atoms with Crippen molar-refractivity contribution < 1.29 is 18.3 Å². The molecule has 0 spiro atoms. The Labute approximate surface area is 111 Å². The SMILES string of the molecule is C=C(CNCCc1cc(F)cc(F)c1)C(=O)OCC. The average molecular weight is 269 g/mol. The van der Waals surface area contributed by atoms with Gasteiger partial charge in [-0.05, 0) is 37.6 Å². The maximum Gasteiger partial charge on any atom is 0.334 e. The van der Waals surface area contributed by atoms with E-state index in [9.17, 15) is 13.6 Å². The van der Waals surface area contributed by atoms with Crippen LogP contribution in [0.4, 0.5) is 8.78 Å². The van der Waals surface area contributed by atoms with Gasteiger partial charge >= 0.3 is 5.97 Å². The highest BCUT2D eigenvalue weighted by Gasteiger charge is 2.06. The number of hydrogen-bond donors (Lipinski definition) is 1. The molecule has 0 saturated heterocycles. The predicted octanol–water partition coefficient (Wildman–Crippen LogP) is 2.22. The van der Waals surface area contributed by atoms with Gasteiger partial charge in [-0.3, -0.25) is 0 Å². The van der Waals surface area contributed by atoms with E-state index >= 15 is 0 Å². The zero-order chi connectivity index (χ0) is 14.3. The van der Waals surface area contributed by atoms with E-state index in [1.54, 1.807) is 6.92 Å². The van der Waals surface area contributed by atoms with Gasteiger partial charge in [-0.15, -0.1) is 0 Å². The number of hydrogen-bond acceptors (Lipinski definition) is 3. The summed E-state index contributed by atoms with van der Waals surface area (Å²) < 4.78 is 30.6. The summed E-state index contributed by atoms with van der Waals surface area (Å²) in [5.41, 5.74) is 0.888. The first-order valence-corrected chi connectivity index (χ1v) is 6.03. The van der Waals surface area contributed by atoms with Crippen molar-refractivity contribution in [2.24, 2.45) is 0 Å². The lowest BCUT2D eigenvalue weighted by Crippen LogP contribution is -2.23. The second-order valence-electron chi connectivity index (χ2n) is 4.03. The monoisotopic (exact) mass is 269 g/mol. The van der Waals surface area contributed by atoms with E-state index in [1.165, 1.54) is 12.1 Å². The zero-order valence-corrected chi connectivity index (χ0v) is 10.8. The Morgan fingerprint density at radius 1 is 1.32 bits per heavy atom. The third-order valence-corrected chi connectivity index (χ3v) is 2.42. The Hall–Kier alpha value is -1.75. The molecule has 0 aliphatic rings. The molecule has 1 N–H and O–H groups in total. The van der Waals surface area contributed by atoms with Crippen molar-refractivity contribution >= 4 is 5.97 Å². The van der Waals surface area contributed by atoms with Crippen LogP contribution in [0.3, 0.4) is 0 Å². The van der Waals surface area contributed by atoms with Crippen LogP contribution in [0.2, 0.25) is 0 Å². The molecule has 0 aliphatic carbocycles. The van der Waals surface area contributed by atoms with E-state index in [-0.39, 0.29) is 6.54 Å². The Bertz CT molecular complexity index is 441. The van der Waals surface area contributed by atoms with Crippen molar-refractivity contribution in [1.82, 2.24) is 5.32 Å². The summed E-state index contributed by atoms with van der Waals surface area (Å²) >= 11 is 0. The highest BCUT2D eigenvalue weighted by atomic mass is 19.1. The molecule has 1 aromatic carbocycles. The van der Waals surface area contributed by atoms with Crippen LogP contribution in [0, 0.1) is 11.6 Å². The molecule has 3 nitrogen and oxygen atoms in total. The molecular formula is C14H17F2NO2. The van der Waals surface area contributed by atoms with Crippen molar-refractivity contribution in [3.8, 4) is 0 Å². The minimum absolute atomic E-state index is 0.288. The fourth-order valence-electron chi connectivity index (χ4n) is 1.53. The molecule has 1 aromatic rings. The van der Waals surface area contributed by atoms with Gasteiger partial charge in [0.25, 0.3) is 0 Å². The smallest absolute Gasteiger partial charge is 0.334 e. The van der Waals surface area contributed by atoms with Crippen LogP contribution in [0.1, 0.15) is 12.5 Å². The topological polar surface area (TPSA) is 38.3 Å². The van der Waals surface area contributed by atoms with E-state index in [0.717, 1.165) is 6.07 Å². The molecule has 0 saturated carbocycles.